The van der Waals surface area contributed by atoms with Crippen molar-refractivity contribution in [2.24, 2.45) is 0 Å². The molecule has 122 valence electrons. The molecule has 4 nitrogen and oxygen atoms in total. The Kier molecular flexibility index (Phi) is 4.96. The third-order valence-electron chi connectivity index (χ3n) is 4.39. The van der Waals surface area contributed by atoms with E-state index in [-0.39, 0.29) is 17.7 Å². The Bertz CT molecular complexity index is 481. The molecule has 1 aromatic carbocycles. The average Bonchev–Trinajstić information content (AvgIpc) is 2.95. The Labute approximate surface area is 130 Å². The summed E-state index contributed by atoms with van der Waals surface area (Å²) in [6.07, 6.45) is 3.99. The second kappa shape index (κ2) is 6.94. The largest absolute Gasteiger partial charge is 0.489 e. The maximum Gasteiger partial charge on any atom is 0.168 e. The van der Waals surface area contributed by atoms with E-state index >= 15 is 0 Å². The molecule has 0 bridgehead atoms. The van der Waals surface area contributed by atoms with Crippen molar-refractivity contribution in [1.82, 2.24) is 5.32 Å². The van der Waals surface area contributed by atoms with E-state index in [9.17, 15) is 4.39 Å². The molecule has 1 saturated carbocycles. The van der Waals surface area contributed by atoms with Crippen molar-refractivity contribution in [3.8, 4) is 5.75 Å². The number of rotatable bonds is 5. The van der Waals surface area contributed by atoms with Gasteiger partial charge in [0.1, 0.15) is 17.7 Å². The summed E-state index contributed by atoms with van der Waals surface area (Å²) < 4.78 is 30.3. The summed E-state index contributed by atoms with van der Waals surface area (Å²) in [5.41, 5.74) is 0. The van der Waals surface area contributed by atoms with Crippen LogP contribution in [0.25, 0.3) is 0 Å². The third-order valence-corrected chi connectivity index (χ3v) is 4.39. The van der Waals surface area contributed by atoms with Gasteiger partial charge in [-0.25, -0.2) is 4.39 Å². The van der Waals surface area contributed by atoms with Gasteiger partial charge < -0.3 is 19.5 Å². The maximum absolute atomic E-state index is 13.1. The first kappa shape index (κ1) is 15.7. The van der Waals surface area contributed by atoms with Gasteiger partial charge >= 0.3 is 0 Å². The first-order valence-electron chi connectivity index (χ1n) is 8.09. The standard InChI is InChI=1S/C17H24FNO3/c1-13(22-16-4-2-3-14(18)11-16)12-19-15-5-7-17(8-6-15)20-9-10-21-17/h2-4,11,13,15,19H,5-10,12H2,1H3/t13-/m1/s1. The van der Waals surface area contributed by atoms with E-state index in [1.807, 2.05) is 6.92 Å². The summed E-state index contributed by atoms with van der Waals surface area (Å²) in [5.74, 6) is -0.00144. The highest BCUT2D eigenvalue weighted by molar-refractivity contribution is 5.22. The maximum atomic E-state index is 13.1. The summed E-state index contributed by atoms with van der Waals surface area (Å²) in [6.45, 7) is 4.18. The predicted octanol–water partition coefficient (Wildman–Crippen LogP) is 2.87. The minimum absolute atomic E-state index is 0.00309. The molecular weight excluding hydrogens is 285 g/mol. The molecule has 3 rings (SSSR count). The Hall–Kier alpha value is -1.17. The molecule has 1 aliphatic carbocycles. The Morgan fingerprint density at radius 3 is 2.73 bits per heavy atom. The monoisotopic (exact) mass is 309 g/mol. The summed E-state index contributed by atoms with van der Waals surface area (Å²) in [6, 6.07) is 6.74. The van der Waals surface area contributed by atoms with Gasteiger partial charge in [-0.15, -0.1) is 0 Å². The smallest absolute Gasteiger partial charge is 0.168 e. The highest BCUT2D eigenvalue weighted by Crippen LogP contribution is 2.35. The van der Waals surface area contributed by atoms with E-state index in [1.54, 1.807) is 12.1 Å². The zero-order valence-electron chi connectivity index (χ0n) is 13.0. The van der Waals surface area contributed by atoms with Crippen LogP contribution in [0.5, 0.6) is 5.75 Å². The van der Waals surface area contributed by atoms with Gasteiger partial charge in [-0.1, -0.05) is 6.07 Å². The Balaban J connectivity index is 1.39. The molecule has 1 aliphatic heterocycles. The van der Waals surface area contributed by atoms with Gasteiger partial charge in [-0.3, -0.25) is 0 Å². The molecule has 1 N–H and O–H groups in total. The molecule has 0 radical (unpaired) electrons. The minimum Gasteiger partial charge on any atom is -0.489 e. The SMILES string of the molecule is C[C@H](CNC1CCC2(CC1)OCCO2)Oc1cccc(F)c1. The molecule has 1 saturated heterocycles. The first-order valence-corrected chi connectivity index (χ1v) is 8.09. The Morgan fingerprint density at radius 1 is 1.32 bits per heavy atom. The topological polar surface area (TPSA) is 39.7 Å². The number of hydrogen-bond acceptors (Lipinski definition) is 4. The summed E-state index contributed by atoms with van der Waals surface area (Å²) >= 11 is 0. The van der Waals surface area contributed by atoms with Crippen molar-refractivity contribution in [1.29, 1.82) is 0 Å². The molecule has 0 unspecified atom stereocenters. The molecule has 2 aliphatic rings. The molecule has 1 heterocycles. The van der Waals surface area contributed by atoms with Gasteiger partial charge in [0, 0.05) is 31.5 Å². The first-order chi connectivity index (χ1) is 10.7. The average molecular weight is 309 g/mol. The number of benzene rings is 1. The molecule has 0 amide bonds. The van der Waals surface area contributed by atoms with Crippen LogP contribution in [-0.2, 0) is 9.47 Å². The molecule has 1 spiro atoms. The molecule has 0 aromatic heterocycles. The third kappa shape index (κ3) is 3.97. The Morgan fingerprint density at radius 2 is 2.05 bits per heavy atom. The second-order valence-corrected chi connectivity index (χ2v) is 6.18. The lowest BCUT2D eigenvalue weighted by Gasteiger charge is -2.36. The number of hydrogen-bond donors (Lipinski definition) is 1. The molecule has 2 fully saturated rings. The van der Waals surface area contributed by atoms with Crippen molar-refractivity contribution in [2.75, 3.05) is 19.8 Å². The lowest BCUT2D eigenvalue weighted by atomic mass is 9.90. The normalized spacial score (nSPS) is 22.8. The van der Waals surface area contributed by atoms with Crippen LogP contribution in [0, 0.1) is 5.82 Å². The van der Waals surface area contributed by atoms with E-state index in [0.717, 1.165) is 45.4 Å². The van der Waals surface area contributed by atoms with Crippen molar-refractivity contribution < 1.29 is 18.6 Å². The van der Waals surface area contributed by atoms with Crippen molar-refractivity contribution in [3.05, 3.63) is 30.1 Å². The van der Waals surface area contributed by atoms with E-state index in [2.05, 4.69) is 5.32 Å². The van der Waals surface area contributed by atoms with E-state index < -0.39 is 0 Å². The highest BCUT2D eigenvalue weighted by atomic mass is 19.1. The van der Waals surface area contributed by atoms with Crippen LogP contribution in [0.4, 0.5) is 4.39 Å². The van der Waals surface area contributed by atoms with Gasteiger partial charge in [-0.05, 0) is 31.9 Å². The van der Waals surface area contributed by atoms with Crippen LogP contribution in [0.1, 0.15) is 32.6 Å². The second-order valence-electron chi connectivity index (χ2n) is 6.18. The van der Waals surface area contributed by atoms with Gasteiger partial charge in [0.15, 0.2) is 5.79 Å². The zero-order valence-corrected chi connectivity index (χ0v) is 13.0. The summed E-state index contributed by atoms with van der Waals surface area (Å²) in [5, 5.41) is 3.53. The highest BCUT2D eigenvalue weighted by Gasteiger charge is 2.40. The molecule has 22 heavy (non-hydrogen) atoms. The molecule has 1 aromatic rings. The van der Waals surface area contributed by atoms with Crippen molar-refractivity contribution in [3.63, 3.8) is 0 Å². The number of ether oxygens (including phenoxy) is 3. The van der Waals surface area contributed by atoms with E-state index in [1.165, 1.54) is 12.1 Å². The predicted molar refractivity (Wildman–Crippen MR) is 81.4 cm³/mol. The molecule has 1 atom stereocenters. The fourth-order valence-corrected chi connectivity index (χ4v) is 3.19. The minimum atomic E-state index is -0.304. The van der Waals surface area contributed by atoms with Crippen LogP contribution >= 0.6 is 0 Å². The zero-order chi connectivity index (χ0) is 15.4. The van der Waals surface area contributed by atoms with Gasteiger partial charge in [0.05, 0.1) is 13.2 Å². The lowest BCUT2D eigenvalue weighted by Crippen LogP contribution is -2.44. The van der Waals surface area contributed by atoms with Crippen LogP contribution in [-0.4, -0.2) is 37.7 Å². The number of halogens is 1. The fraction of sp³-hybridized carbons (Fsp3) is 0.647. The summed E-state index contributed by atoms with van der Waals surface area (Å²) in [4.78, 5) is 0. The molecule has 5 heteroatoms. The fourth-order valence-electron chi connectivity index (χ4n) is 3.19. The van der Waals surface area contributed by atoms with Gasteiger partial charge in [0.2, 0.25) is 0 Å². The van der Waals surface area contributed by atoms with E-state index in [4.69, 9.17) is 14.2 Å². The van der Waals surface area contributed by atoms with Crippen LogP contribution < -0.4 is 10.1 Å². The molecular formula is C17H24FNO3. The summed E-state index contributed by atoms with van der Waals surface area (Å²) in [7, 11) is 0. The lowest BCUT2D eigenvalue weighted by molar-refractivity contribution is -0.179. The van der Waals surface area contributed by atoms with Crippen LogP contribution in [0.15, 0.2) is 24.3 Å². The van der Waals surface area contributed by atoms with Gasteiger partial charge in [0.25, 0.3) is 0 Å². The number of nitrogens with one attached hydrogen (secondary N) is 1. The van der Waals surface area contributed by atoms with Crippen LogP contribution in [0.3, 0.4) is 0 Å². The van der Waals surface area contributed by atoms with E-state index in [0.29, 0.717) is 11.8 Å². The van der Waals surface area contributed by atoms with Crippen LogP contribution in [0.2, 0.25) is 0 Å². The van der Waals surface area contributed by atoms with Gasteiger partial charge in [-0.2, -0.15) is 0 Å². The van der Waals surface area contributed by atoms with Crippen molar-refractivity contribution in [2.45, 2.75) is 50.5 Å². The van der Waals surface area contributed by atoms with Crippen molar-refractivity contribution >= 4 is 0 Å². The quantitative estimate of drug-likeness (QED) is 0.908.